The minimum Gasteiger partial charge on any atom is -0.449 e. The van der Waals surface area contributed by atoms with Gasteiger partial charge in [-0.05, 0) is 31.2 Å². The minimum atomic E-state index is -0.667. The molecule has 24 heavy (non-hydrogen) atoms. The lowest BCUT2D eigenvalue weighted by Crippen LogP contribution is -2.18. The highest BCUT2D eigenvalue weighted by Gasteiger charge is 2.13. The summed E-state index contributed by atoms with van der Waals surface area (Å²) in [6, 6.07) is 13.4. The standard InChI is InChI=1S/C17H15ClN2O4/c1-2-23-17(22)20-19-11-12-7-3-6-10-15(12)24-16(21)13-8-4-5-9-14(13)18/h3-11H,2H2,1H3,(H,20,22)/b19-11+. The summed E-state index contributed by atoms with van der Waals surface area (Å²) in [7, 11) is 0. The van der Waals surface area contributed by atoms with Crippen LogP contribution in [-0.4, -0.2) is 24.9 Å². The second kappa shape index (κ2) is 8.69. The summed E-state index contributed by atoms with van der Waals surface area (Å²) in [5.41, 5.74) is 2.97. The Labute approximate surface area is 144 Å². The van der Waals surface area contributed by atoms with Gasteiger partial charge in [-0.1, -0.05) is 35.9 Å². The van der Waals surface area contributed by atoms with Gasteiger partial charge in [0.15, 0.2) is 0 Å². The average molecular weight is 347 g/mol. The van der Waals surface area contributed by atoms with Crippen LogP contribution in [0.5, 0.6) is 5.75 Å². The Morgan fingerprint density at radius 2 is 1.88 bits per heavy atom. The molecule has 0 atom stereocenters. The number of nitrogens with zero attached hydrogens (tertiary/aromatic N) is 1. The molecule has 0 saturated heterocycles. The Bertz CT molecular complexity index is 762. The zero-order chi connectivity index (χ0) is 17.4. The van der Waals surface area contributed by atoms with E-state index in [1.165, 1.54) is 6.21 Å². The number of para-hydroxylation sites is 1. The zero-order valence-corrected chi connectivity index (χ0v) is 13.6. The number of halogens is 1. The fourth-order valence-corrected chi connectivity index (χ4v) is 1.99. The molecule has 124 valence electrons. The molecule has 0 spiro atoms. The first-order valence-corrected chi connectivity index (χ1v) is 7.51. The second-order valence-electron chi connectivity index (χ2n) is 4.50. The van der Waals surface area contributed by atoms with E-state index in [1.54, 1.807) is 55.5 Å². The number of ether oxygens (including phenoxy) is 2. The fourth-order valence-electron chi connectivity index (χ4n) is 1.78. The van der Waals surface area contributed by atoms with Gasteiger partial charge in [0, 0.05) is 5.56 Å². The van der Waals surface area contributed by atoms with Crippen molar-refractivity contribution in [3.05, 3.63) is 64.7 Å². The predicted octanol–water partition coefficient (Wildman–Crippen LogP) is 3.64. The van der Waals surface area contributed by atoms with Crippen molar-refractivity contribution in [3.63, 3.8) is 0 Å². The topological polar surface area (TPSA) is 77.0 Å². The SMILES string of the molecule is CCOC(=O)N/N=C/c1ccccc1OC(=O)c1ccccc1Cl. The highest BCUT2D eigenvalue weighted by atomic mass is 35.5. The molecule has 0 radical (unpaired) electrons. The van der Waals surface area contributed by atoms with Gasteiger partial charge in [-0.3, -0.25) is 0 Å². The van der Waals surface area contributed by atoms with E-state index in [0.717, 1.165) is 0 Å². The Kier molecular flexibility index (Phi) is 6.33. The molecule has 0 saturated carbocycles. The molecular formula is C17H15ClN2O4. The van der Waals surface area contributed by atoms with Crippen LogP contribution in [0.3, 0.4) is 0 Å². The van der Waals surface area contributed by atoms with E-state index < -0.39 is 12.1 Å². The number of hydrogen-bond donors (Lipinski definition) is 1. The van der Waals surface area contributed by atoms with Crippen molar-refractivity contribution in [2.24, 2.45) is 5.10 Å². The first-order valence-electron chi connectivity index (χ1n) is 7.13. The van der Waals surface area contributed by atoms with Gasteiger partial charge in [0.05, 0.1) is 23.4 Å². The maximum atomic E-state index is 12.2. The third-order valence-electron chi connectivity index (χ3n) is 2.85. The van der Waals surface area contributed by atoms with Crippen LogP contribution in [0.1, 0.15) is 22.8 Å². The lowest BCUT2D eigenvalue weighted by Gasteiger charge is -2.08. The van der Waals surface area contributed by atoms with Gasteiger partial charge >= 0.3 is 12.1 Å². The summed E-state index contributed by atoms with van der Waals surface area (Å²) in [6.45, 7) is 1.93. The number of esters is 1. The van der Waals surface area contributed by atoms with Crippen molar-refractivity contribution in [2.75, 3.05) is 6.61 Å². The van der Waals surface area contributed by atoms with Gasteiger partial charge in [-0.15, -0.1) is 0 Å². The van der Waals surface area contributed by atoms with Crippen molar-refractivity contribution in [1.29, 1.82) is 0 Å². The average Bonchev–Trinajstić information content (AvgIpc) is 2.57. The largest absolute Gasteiger partial charge is 0.449 e. The third-order valence-corrected chi connectivity index (χ3v) is 3.18. The summed E-state index contributed by atoms with van der Waals surface area (Å²) in [6.07, 6.45) is 0.686. The van der Waals surface area contributed by atoms with Crippen molar-refractivity contribution < 1.29 is 19.1 Å². The Balaban J connectivity index is 2.11. The third kappa shape index (κ3) is 4.82. The lowest BCUT2D eigenvalue weighted by atomic mass is 10.2. The Hall–Kier alpha value is -2.86. The molecule has 0 aliphatic heterocycles. The molecule has 2 rings (SSSR count). The highest BCUT2D eigenvalue weighted by molar-refractivity contribution is 6.33. The molecule has 0 aliphatic carbocycles. The van der Waals surface area contributed by atoms with Crippen LogP contribution in [0, 0.1) is 0 Å². The zero-order valence-electron chi connectivity index (χ0n) is 12.9. The number of carbonyl (C=O) groups excluding carboxylic acids is 2. The monoisotopic (exact) mass is 346 g/mol. The summed E-state index contributed by atoms with van der Waals surface area (Å²) in [5, 5.41) is 4.05. The maximum Gasteiger partial charge on any atom is 0.427 e. The van der Waals surface area contributed by atoms with Gasteiger partial charge in [-0.25, -0.2) is 15.0 Å². The number of benzene rings is 2. The Morgan fingerprint density at radius 3 is 2.62 bits per heavy atom. The van der Waals surface area contributed by atoms with Crippen LogP contribution in [-0.2, 0) is 4.74 Å². The van der Waals surface area contributed by atoms with E-state index >= 15 is 0 Å². The molecule has 2 aromatic rings. The summed E-state index contributed by atoms with van der Waals surface area (Å²) in [4.78, 5) is 23.4. The predicted molar refractivity (Wildman–Crippen MR) is 90.6 cm³/mol. The molecule has 1 amide bonds. The second-order valence-corrected chi connectivity index (χ2v) is 4.90. The molecule has 0 heterocycles. The normalized spacial score (nSPS) is 10.4. The van der Waals surface area contributed by atoms with Crippen LogP contribution >= 0.6 is 11.6 Å². The quantitative estimate of drug-likeness (QED) is 0.388. The number of nitrogens with one attached hydrogen (secondary N) is 1. The first kappa shape index (κ1) is 17.5. The molecule has 0 bridgehead atoms. The molecule has 0 fully saturated rings. The molecule has 0 aliphatic rings. The van der Waals surface area contributed by atoms with Crippen LogP contribution in [0.4, 0.5) is 4.79 Å². The molecular weight excluding hydrogens is 332 g/mol. The van der Waals surface area contributed by atoms with Gasteiger partial charge in [0.1, 0.15) is 5.75 Å². The van der Waals surface area contributed by atoms with Crippen molar-refractivity contribution in [1.82, 2.24) is 5.43 Å². The number of carbonyl (C=O) groups is 2. The van der Waals surface area contributed by atoms with Crippen LogP contribution in [0.2, 0.25) is 5.02 Å². The number of amides is 1. The van der Waals surface area contributed by atoms with Crippen LogP contribution in [0.25, 0.3) is 0 Å². The van der Waals surface area contributed by atoms with Crippen molar-refractivity contribution in [2.45, 2.75) is 6.92 Å². The molecule has 1 N–H and O–H groups in total. The molecule has 6 nitrogen and oxygen atoms in total. The van der Waals surface area contributed by atoms with E-state index in [4.69, 9.17) is 16.3 Å². The van der Waals surface area contributed by atoms with Gasteiger partial charge in [-0.2, -0.15) is 5.10 Å². The number of rotatable bonds is 5. The number of hydrogen-bond acceptors (Lipinski definition) is 5. The smallest absolute Gasteiger partial charge is 0.427 e. The molecule has 2 aromatic carbocycles. The fraction of sp³-hybridized carbons (Fsp3) is 0.118. The summed E-state index contributed by atoms with van der Waals surface area (Å²) < 4.78 is 10.0. The summed E-state index contributed by atoms with van der Waals surface area (Å²) in [5.74, 6) is -0.295. The first-order chi connectivity index (χ1) is 11.6. The maximum absolute atomic E-state index is 12.2. The van der Waals surface area contributed by atoms with Crippen LogP contribution in [0.15, 0.2) is 53.6 Å². The van der Waals surface area contributed by atoms with Gasteiger partial charge in [0.25, 0.3) is 0 Å². The molecule has 0 unspecified atom stereocenters. The van der Waals surface area contributed by atoms with E-state index in [1.807, 2.05) is 0 Å². The van der Waals surface area contributed by atoms with Crippen LogP contribution < -0.4 is 10.2 Å². The Morgan fingerprint density at radius 1 is 1.17 bits per heavy atom. The number of hydrazone groups is 1. The molecule has 0 aromatic heterocycles. The van der Waals surface area contributed by atoms with Crippen molar-refractivity contribution in [3.8, 4) is 5.75 Å². The minimum absolute atomic E-state index is 0.243. The van der Waals surface area contributed by atoms with E-state index in [2.05, 4.69) is 15.3 Å². The van der Waals surface area contributed by atoms with Crippen molar-refractivity contribution >= 4 is 29.9 Å². The van der Waals surface area contributed by atoms with Gasteiger partial charge in [0.2, 0.25) is 0 Å². The lowest BCUT2D eigenvalue weighted by molar-refractivity contribution is 0.0734. The van der Waals surface area contributed by atoms with Gasteiger partial charge < -0.3 is 9.47 Å². The van der Waals surface area contributed by atoms with E-state index in [9.17, 15) is 9.59 Å². The summed E-state index contributed by atoms with van der Waals surface area (Å²) >= 11 is 5.98. The van der Waals surface area contributed by atoms with E-state index in [-0.39, 0.29) is 17.9 Å². The highest BCUT2D eigenvalue weighted by Crippen LogP contribution is 2.21. The molecule has 7 heteroatoms. The van der Waals surface area contributed by atoms with E-state index in [0.29, 0.717) is 10.6 Å².